The topological polar surface area (TPSA) is 90.4 Å². The second-order valence-electron chi connectivity index (χ2n) is 7.91. The van der Waals surface area contributed by atoms with Gasteiger partial charge in [0, 0.05) is 49.6 Å². The van der Waals surface area contributed by atoms with Gasteiger partial charge in [-0.25, -0.2) is 0 Å². The third kappa shape index (κ3) is 2.91. The number of hydrogen-bond acceptors (Lipinski definition) is 4. The molecule has 4 heterocycles. The Hall–Kier alpha value is -3.42. The fourth-order valence-electron chi connectivity index (χ4n) is 4.85. The van der Waals surface area contributed by atoms with Crippen molar-refractivity contribution in [3.8, 4) is 0 Å². The summed E-state index contributed by atoms with van der Waals surface area (Å²) in [4.78, 5) is 37.9. The van der Waals surface area contributed by atoms with Gasteiger partial charge in [0.05, 0.1) is 15.8 Å². The first kappa shape index (κ1) is 17.7. The van der Waals surface area contributed by atoms with Gasteiger partial charge in [0.15, 0.2) is 0 Å². The third-order valence-electron chi connectivity index (χ3n) is 6.13. The monoisotopic (exact) mass is 392 g/mol. The van der Waals surface area contributed by atoms with E-state index in [1.54, 1.807) is 41.1 Å². The van der Waals surface area contributed by atoms with Crippen molar-refractivity contribution < 1.29 is 9.72 Å². The van der Waals surface area contributed by atoms with E-state index in [0.717, 1.165) is 12.1 Å². The van der Waals surface area contributed by atoms with Gasteiger partial charge in [0.1, 0.15) is 6.54 Å². The third-order valence-corrected chi connectivity index (χ3v) is 6.13. The van der Waals surface area contributed by atoms with Crippen LogP contribution >= 0.6 is 0 Å². The molecular weight excluding hydrogens is 372 g/mol. The number of benzene rings is 1. The summed E-state index contributed by atoms with van der Waals surface area (Å²) in [6, 6.07) is 11.9. The fraction of sp³-hybridized carbons (Fsp3) is 0.333. The number of nitro benzene ring substituents is 1. The summed E-state index contributed by atoms with van der Waals surface area (Å²) >= 11 is 0. The molecule has 3 aromatic rings. The first-order valence-electron chi connectivity index (χ1n) is 9.71. The molecule has 1 amide bonds. The molecule has 0 aliphatic carbocycles. The van der Waals surface area contributed by atoms with Crippen LogP contribution < -0.4 is 5.56 Å². The molecule has 148 valence electrons. The van der Waals surface area contributed by atoms with Crippen LogP contribution in [-0.2, 0) is 17.9 Å². The predicted molar refractivity (Wildman–Crippen MR) is 107 cm³/mol. The van der Waals surface area contributed by atoms with Crippen molar-refractivity contribution in [3.05, 3.63) is 74.8 Å². The van der Waals surface area contributed by atoms with Crippen molar-refractivity contribution in [2.24, 2.45) is 5.92 Å². The van der Waals surface area contributed by atoms with Gasteiger partial charge < -0.3 is 14.0 Å². The maximum absolute atomic E-state index is 13.0. The van der Waals surface area contributed by atoms with E-state index >= 15 is 0 Å². The lowest BCUT2D eigenvalue weighted by molar-refractivity contribution is -0.383. The van der Waals surface area contributed by atoms with E-state index in [0.29, 0.717) is 30.5 Å². The summed E-state index contributed by atoms with van der Waals surface area (Å²) < 4.78 is 3.62. The van der Waals surface area contributed by atoms with Crippen LogP contribution in [-0.4, -0.2) is 38.0 Å². The van der Waals surface area contributed by atoms with Crippen LogP contribution in [0.4, 0.5) is 5.69 Å². The van der Waals surface area contributed by atoms with E-state index in [-0.39, 0.29) is 35.5 Å². The number of rotatable bonds is 3. The number of amides is 1. The Kier molecular flexibility index (Phi) is 4.01. The zero-order chi connectivity index (χ0) is 20.1. The van der Waals surface area contributed by atoms with Crippen LogP contribution in [0.15, 0.2) is 53.5 Å². The molecule has 0 saturated carbocycles. The second kappa shape index (κ2) is 6.58. The van der Waals surface area contributed by atoms with Gasteiger partial charge in [-0.15, -0.1) is 0 Å². The molecule has 2 bridgehead atoms. The smallest absolute Gasteiger partial charge is 0.278 e. The number of non-ortho nitro benzene ring substituents is 1. The Bertz CT molecular complexity index is 1190. The van der Waals surface area contributed by atoms with Crippen molar-refractivity contribution in [1.82, 2.24) is 14.0 Å². The molecule has 2 aliphatic heterocycles. The highest BCUT2D eigenvalue weighted by Crippen LogP contribution is 2.35. The molecule has 5 rings (SSSR count). The molecule has 8 heteroatoms. The highest BCUT2D eigenvalue weighted by atomic mass is 16.6. The molecule has 1 aromatic carbocycles. The lowest BCUT2D eigenvalue weighted by Crippen LogP contribution is -2.49. The molecule has 0 unspecified atom stereocenters. The maximum atomic E-state index is 13.0. The van der Waals surface area contributed by atoms with Crippen molar-refractivity contribution in [2.45, 2.75) is 25.4 Å². The predicted octanol–water partition coefficient (Wildman–Crippen LogP) is 2.36. The van der Waals surface area contributed by atoms with Crippen LogP contribution in [0, 0.1) is 16.0 Å². The van der Waals surface area contributed by atoms with E-state index < -0.39 is 4.92 Å². The van der Waals surface area contributed by atoms with Crippen LogP contribution in [0.25, 0.3) is 10.9 Å². The lowest BCUT2D eigenvalue weighted by atomic mass is 9.83. The number of piperidine rings is 1. The summed E-state index contributed by atoms with van der Waals surface area (Å²) in [5.41, 5.74) is 1.76. The average molecular weight is 392 g/mol. The molecule has 2 aromatic heterocycles. The second-order valence-corrected chi connectivity index (χ2v) is 7.91. The molecule has 0 radical (unpaired) electrons. The molecule has 29 heavy (non-hydrogen) atoms. The zero-order valence-electron chi connectivity index (χ0n) is 15.7. The molecule has 1 fully saturated rings. The van der Waals surface area contributed by atoms with Gasteiger partial charge in [-0.3, -0.25) is 19.7 Å². The summed E-state index contributed by atoms with van der Waals surface area (Å²) in [5.74, 6) is 0.436. The minimum absolute atomic E-state index is 0.00423. The number of aromatic nitrogens is 2. The van der Waals surface area contributed by atoms with Crippen molar-refractivity contribution in [3.63, 3.8) is 0 Å². The summed E-state index contributed by atoms with van der Waals surface area (Å²) in [7, 11) is 0. The van der Waals surface area contributed by atoms with E-state index in [4.69, 9.17) is 0 Å². The number of fused-ring (bicyclic) bond motifs is 5. The molecule has 8 nitrogen and oxygen atoms in total. The minimum Gasteiger partial charge on any atom is -0.340 e. The van der Waals surface area contributed by atoms with Crippen molar-refractivity contribution in [1.29, 1.82) is 0 Å². The Morgan fingerprint density at radius 3 is 2.76 bits per heavy atom. The number of carbonyl (C=O) groups excluding carboxylic acids is 1. The van der Waals surface area contributed by atoms with Gasteiger partial charge in [-0.1, -0.05) is 12.1 Å². The van der Waals surface area contributed by atoms with E-state index in [1.165, 1.54) is 6.07 Å². The highest BCUT2D eigenvalue weighted by molar-refractivity contribution is 5.90. The van der Waals surface area contributed by atoms with Gasteiger partial charge >= 0.3 is 0 Å². The number of hydrogen-bond donors (Lipinski definition) is 0. The number of likely N-dealkylation sites (tertiary alicyclic amines) is 1. The van der Waals surface area contributed by atoms with Gasteiger partial charge in [0.2, 0.25) is 5.91 Å². The molecule has 2 aliphatic rings. The summed E-state index contributed by atoms with van der Waals surface area (Å²) in [5, 5.41) is 11.8. The normalized spacial score (nSPS) is 20.5. The minimum atomic E-state index is -0.403. The van der Waals surface area contributed by atoms with Crippen molar-refractivity contribution in [2.75, 3.05) is 13.1 Å². The molecule has 0 N–H and O–H groups in total. The Labute approximate surface area is 166 Å². The zero-order valence-corrected chi connectivity index (χ0v) is 15.7. The number of carbonyl (C=O) groups is 1. The number of pyridine rings is 1. The number of nitrogens with zero attached hydrogens (tertiary/aromatic N) is 4. The Morgan fingerprint density at radius 2 is 1.93 bits per heavy atom. The van der Waals surface area contributed by atoms with Crippen LogP contribution in [0.3, 0.4) is 0 Å². The largest absolute Gasteiger partial charge is 0.340 e. The SMILES string of the molecule is O=C(Cn1ccc2c([N+](=O)[O-])cccc21)N1C[C@@H]2C[C@H](C1)c1cccc(=O)n1C2. The van der Waals surface area contributed by atoms with Crippen LogP contribution in [0.5, 0.6) is 0 Å². The Balaban J connectivity index is 1.39. The summed E-state index contributed by atoms with van der Waals surface area (Å²) in [6.45, 7) is 2.02. The summed E-state index contributed by atoms with van der Waals surface area (Å²) in [6.07, 6.45) is 2.72. The molecular formula is C21H20N4O4. The van der Waals surface area contributed by atoms with E-state index in [2.05, 4.69) is 0 Å². The van der Waals surface area contributed by atoms with Crippen LogP contribution in [0.1, 0.15) is 18.0 Å². The van der Waals surface area contributed by atoms with Gasteiger partial charge in [-0.05, 0) is 30.5 Å². The first-order valence-corrected chi connectivity index (χ1v) is 9.71. The van der Waals surface area contributed by atoms with Gasteiger partial charge in [-0.2, -0.15) is 0 Å². The fourth-order valence-corrected chi connectivity index (χ4v) is 4.85. The van der Waals surface area contributed by atoms with Crippen molar-refractivity contribution >= 4 is 22.5 Å². The Morgan fingerprint density at radius 1 is 1.10 bits per heavy atom. The maximum Gasteiger partial charge on any atom is 0.278 e. The van der Waals surface area contributed by atoms with E-state index in [9.17, 15) is 19.7 Å². The number of nitro groups is 1. The molecule has 1 saturated heterocycles. The first-order chi connectivity index (χ1) is 14.0. The van der Waals surface area contributed by atoms with E-state index in [1.807, 2.05) is 15.5 Å². The van der Waals surface area contributed by atoms with Gasteiger partial charge in [0.25, 0.3) is 11.2 Å². The standard InChI is InChI=1S/C21H20N4O4/c26-20-6-2-3-17-15-9-14(11-24(17)20)10-23(12-15)21(27)13-22-8-7-16-18(22)4-1-5-19(16)25(28)29/h1-8,14-15H,9-13H2/t14-,15+/m0/s1. The highest BCUT2D eigenvalue weighted by Gasteiger charge is 2.36. The molecule has 2 atom stereocenters. The average Bonchev–Trinajstić information content (AvgIpc) is 3.11. The van der Waals surface area contributed by atoms with Crippen LogP contribution in [0.2, 0.25) is 0 Å². The lowest BCUT2D eigenvalue weighted by Gasteiger charge is -2.42. The quantitative estimate of drug-likeness (QED) is 0.505. The molecule has 0 spiro atoms.